The van der Waals surface area contributed by atoms with Gasteiger partial charge in [-0.25, -0.2) is 8.78 Å². The lowest BCUT2D eigenvalue weighted by atomic mass is 9.98. The second kappa shape index (κ2) is 7.21. The Morgan fingerprint density at radius 3 is 2.57 bits per heavy atom. The minimum Gasteiger partial charge on any atom is -0.310 e. The van der Waals surface area contributed by atoms with Crippen molar-refractivity contribution in [3.63, 3.8) is 0 Å². The lowest BCUT2D eigenvalue weighted by Gasteiger charge is -2.20. The molecule has 2 rings (SSSR count). The van der Waals surface area contributed by atoms with Crippen molar-refractivity contribution in [1.29, 1.82) is 0 Å². The Balaban J connectivity index is 2.33. The third-order valence-corrected chi connectivity index (χ3v) is 3.77. The Morgan fingerprint density at radius 1 is 1.14 bits per heavy atom. The summed E-state index contributed by atoms with van der Waals surface area (Å²) in [5, 5.41) is 3.56. The monoisotopic (exact) mass is 329 g/mol. The maximum Gasteiger partial charge on any atom is 0.145 e. The summed E-state index contributed by atoms with van der Waals surface area (Å²) in [6, 6.07) is 8.98. The predicted molar refractivity (Wildman–Crippen MR) is 82.9 cm³/mol. The van der Waals surface area contributed by atoms with Crippen molar-refractivity contribution in [2.75, 3.05) is 6.54 Å². The van der Waals surface area contributed by atoms with Crippen molar-refractivity contribution >= 4 is 23.2 Å². The second-order valence-corrected chi connectivity index (χ2v) is 5.54. The lowest BCUT2D eigenvalue weighted by Crippen LogP contribution is -2.24. The van der Waals surface area contributed by atoms with Gasteiger partial charge >= 0.3 is 0 Å². The quantitative estimate of drug-likeness (QED) is 0.798. The van der Waals surface area contributed by atoms with Crippen LogP contribution in [0, 0.1) is 11.6 Å². The van der Waals surface area contributed by atoms with Crippen LogP contribution in [-0.4, -0.2) is 6.54 Å². The molecule has 0 bridgehead atoms. The van der Waals surface area contributed by atoms with E-state index in [1.54, 1.807) is 24.3 Å². The van der Waals surface area contributed by atoms with E-state index in [1.165, 1.54) is 12.1 Å². The first kappa shape index (κ1) is 16.2. The van der Waals surface area contributed by atoms with Gasteiger partial charge in [0.15, 0.2) is 0 Å². The maximum absolute atomic E-state index is 14.1. The molecular weight excluding hydrogens is 315 g/mol. The molecule has 2 aromatic rings. The Kier molecular flexibility index (Phi) is 5.57. The van der Waals surface area contributed by atoms with Crippen LogP contribution >= 0.6 is 23.2 Å². The van der Waals surface area contributed by atoms with Crippen molar-refractivity contribution in [1.82, 2.24) is 5.32 Å². The smallest absolute Gasteiger partial charge is 0.145 e. The van der Waals surface area contributed by atoms with Crippen molar-refractivity contribution < 1.29 is 8.78 Å². The van der Waals surface area contributed by atoms with Crippen LogP contribution in [0.15, 0.2) is 36.4 Å². The van der Waals surface area contributed by atoms with Crippen LogP contribution in [0.4, 0.5) is 8.78 Å². The molecule has 112 valence electrons. The lowest BCUT2D eigenvalue weighted by molar-refractivity contribution is 0.498. The van der Waals surface area contributed by atoms with Gasteiger partial charge in [0.2, 0.25) is 0 Å². The van der Waals surface area contributed by atoms with E-state index in [0.29, 0.717) is 29.1 Å². The van der Waals surface area contributed by atoms with E-state index in [2.05, 4.69) is 5.32 Å². The van der Waals surface area contributed by atoms with E-state index in [9.17, 15) is 8.78 Å². The summed E-state index contributed by atoms with van der Waals surface area (Å²) in [5.41, 5.74) is 0.906. The molecule has 0 spiro atoms. The summed E-state index contributed by atoms with van der Waals surface area (Å²) in [6.45, 7) is 2.55. The molecule has 1 atom stereocenters. The normalized spacial score (nSPS) is 12.4. The Morgan fingerprint density at radius 2 is 1.90 bits per heavy atom. The van der Waals surface area contributed by atoms with Crippen LogP contribution in [0.3, 0.4) is 0 Å². The molecule has 5 heteroatoms. The molecule has 0 saturated carbocycles. The molecule has 0 aliphatic carbocycles. The summed E-state index contributed by atoms with van der Waals surface area (Å²) in [6.07, 6.45) is 0.304. The molecule has 0 heterocycles. The molecular formula is C16H15Cl2F2N. The van der Waals surface area contributed by atoms with Gasteiger partial charge in [-0.2, -0.15) is 0 Å². The molecule has 0 saturated heterocycles. The summed E-state index contributed by atoms with van der Waals surface area (Å²) in [4.78, 5) is 0. The number of hydrogen-bond donors (Lipinski definition) is 1. The number of hydrogen-bond acceptors (Lipinski definition) is 1. The number of rotatable bonds is 5. The predicted octanol–water partition coefficient (Wildman–Crippen LogP) is 5.16. The van der Waals surface area contributed by atoms with E-state index in [0.717, 1.165) is 0 Å². The van der Waals surface area contributed by atoms with Crippen molar-refractivity contribution in [2.24, 2.45) is 0 Å². The Hall–Kier alpha value is -1.16. The average Bonchev–Trinajstić information content (AvgIpc) is 2.43. The Labute approximate surface area is 132 Å². The molecule has 0 aromatic heterocycles. The fraction of sp³-hybridized carbons (Fsp3) is 0.250. The van der Waals surface area contributed by atoms with E-state index in [1.807, 2.05) is 6.92 Å². The first-order chi connectivity index (χ1) is 10.0. The Bertz CT molecular complexity index is 632. The van der Waals surface area contributed by atoms with Gasteiger partial charge in [0.05, 0.1) is 5.02 Å². The molecule has 0 fully saturated rings. The minimum absolute atomic E-state index is 0.0688. The summed E-state index contributed by atoms with van der Waals surface area (Å²) in [5.74, 6) is -0.868. The first-order valence-electron chi connectivity index (χ1n) is 6.64. The van der Waals surface area contributed by atoms with Crippen LogP contribution in [0.5, 0.6) is 0 Å². The number of benzene rings is 2. The van der Waals surface area contributed by atoms with E-state index in [4.69, 9.17) is 23.2 Å². The SMILES string of the molecule is CCNC(Cc1cccc(Cl)c1F)c1ccc(Cl)cc1F. The highest BCUT2D eigenvalue weighted by Gasteiger charge is 2.18. The van der Waals surface area contributed by atoms with Gasteiger partial charge < -0.3 is 5.32 Å². The number of nitrogens with one attached hydrogen (secondary N) is 1. The fourth-order valence-corrected chi connectivity index (χ4v) is 2.60. The highest BCUT2D eigenvalue weighted by atomic mass is 35.5. The summed E-state index contributed by atoms with van der Waals surface area (Å²) >= 11 is 11.6. The molecule has 0 aliphatic rings. The fourth-order valence-electron chi connectivity index (χ4n) is 2.25. The zero-order valence-electron chi connectivity index (χ0n) is 11.5. The van der Waals surface area contributed by atoms with Crippen LogP contribution in [-0.2, 0) is 6.42 Å². The van der Waals surface area contributed by atoms with Crippen molar-refractivity contribution in [3.05, 3.63) is 69.2 Å². The third-order valence-electron chi connectivity index (χ3n) is 3.24. The van der Waals surface area contributed by atoms with Crippen LogP contribution < -0.4 is 5.32 Å². The van der Waals surface area contributed by atoms with Gasteiger partial charge in [0.25, 0.3) is 0 Å². The maximum atomic E-state index is 14.1. The zero-order chi connectivity index (χ0) is 15.4. The topological polar surface area (TPSA) is 12.0 Å². The second-order valence-electron chi connectivity index (χ2n) is 4.69. The average molecular weight is 330 g/mol. The van der Waals surface area contributed by atoms with Gasteiger partial charge in [-0.05, 0) is 36.7 Å². The minimum atomic E-state index is -0.462. The van der Waals surface area contributed by atoms with Gasteiger partial charge in [-0.3, -0.25) is 0 Å². The van der Waals surface area contributed by atoms with Crippen LogP contribution in [0.25, 0.3) is 0 Å². The van der Waals surface area contributed by atoms with Gasteiger partial charge in [-0.15, -0.1) is 0 Å². The van der Waals surface area contributed by atoms with Gasteiger partial charge in [-0.1, -0.05) is 48.3 Å². The molecule has 1 nitrogen and oxygen atoms in total. The number of likely N-dealkylation sites (N-methyl/N-ethyl adjacent to an activating group) is 1. The molecule has 1 N–H and O–H groups in total. The molecule has 0 amide bonds. The van der Waals surface area contributed by atoms with Crippen molar-refractivity contribution in [3.8, 4) is 0 Å². The van der Waals surface area contributed by atoms with Gasteiger partial charge in [0, 0.05) is 16.6 Å². The standard InChI is InChI=1S/C16H15Cl2F2N/c1-2-21-15(12-7-6-11(17)9-14(12)19)8-10-4-3-5-13(18)16(10)20/h3-7,9,15,21H,2,8H2,1H3. The molecule has 1 unspecified atom stereocenters. The van der Waals surface area contributed by atoms with Crippen molar-refractivity contribution in [2.45, 2.75) is 19.4 Å². The van der Waals surface area contributed by atoms with E-state index < -0.39 is 11.6 Å². The van der Waals surface area contributed by atoms with E-state index >= 15 is 0 Å². The molecule has 21 heavy (non-hydrogen) atoms. The molecule has 0 aliphatic heterocycles. The third kappa shape index (κ3) is 3.94. The number of halogens is 4. The largest absolute Gasteiger partial charge is 0.310 e. The van der Waals surface area contributed by atoms with E-state index in [-0.39, 0.29) is 11.1 Å². The highest BCUT2D eigenvalue weighted by molar-refractivity contribution is 6.31. The molecule has 0 radical (unpaired) electrons. The van der Waals surface area contributed by atoms with Gasteiger partial charge in [0.1, 0.15) is 11.6 Å². The first-order valence-corrected chi connectivity index (χ1v) is 7.39. The zero-order valence-corrected chi connectivity index (χ0v) is 13.0. The highest BCUT2D eigenvalue weighted by Crippen LogP contribution is 2.26. The van der Waals surface area contributed by atoms with Crippen LogP contribution in [0.2, 0.25) is 10.0 Å². The molecule has 2 aromatic carbocycles. The van der Waals surface area contributed by atoms with Crippen LogP contribution in [0.1, 0.15) is 24.1 Å². The summed E-state index contributed by atoms with van der Waals surface area (Å²) < 4.78 is 28.1. The summed E-state index contributed by atoms with van der Waals surface area (Å²) in [7, 11) is 0.